The van der Waals surface area contributed by atoms with E-state index in [0.717, 1.165) is 33.8 Å². The molecule has 0 radical (unpaired) electrons. The van der Waals surface area contributed by atoms with E-state index in [1.807, 2.05) is 48.0 Å². The Morgan fingerprint density at radius 1 is 1.25 bits per heavy atom. The minimum Gasteiger partial charge on any atom is -0.495 e. The van der Waals surface area contributed by atoms with Crippen LogP contribution in [0.3, 0.4) is 0 Å². The van der Waals surface area contributed by atoms with Crippen molar-refractivity contribution in [1.82, 2.24) is 9.38 Å². The number of carbonyl (C=O) groups is 1. The van der Waals surface area contributed by atoms with Crippen molar-refractivity contribution >= 4 is 51.8 Å². The van der Waals surface area contributed by atoms with E-state index in [9.17, 15) is 4.79 Å². The second-order valence-electron chi connectivity index (χ2n) is 6.16. The third-order valence-electron chi connectivity index (χ3n) is 4.32. The van der Waals surface area contributed by atoms with Crippen molar-refractivity contribution in [1.29, 1.82) is 0 Å². The van der Waals surface area contributed by atoms with Gasteiger partial charge in [0.25, 0.3) is 5.91 Å². The largest absolute Gasteiger partial charge is 0.495 e. The van der Waals surface area contributed by atoms with E-state index in [-0.39, 0.29) is 5.91 Å². The quantitative estimate of drug-likeness (QED) is 0.434. The third kappa shape index (κ3) is 3.46. The number of methoxy groups -OCH3 is 1. The van der Waals surface area contributed by atoms with Crippen LogP contribution in [0.25, 0.3) is 16.9 Å². The van der Waals surface area contributed by atoms with Crippen molar-refractivity contribution in [2.45, 2.75) is 6.92 Å². The van der Waals surface area contributed by atoms with Gasteiger partial charge in [-0.05, 0) is 42.8 Å². The molecule has 8 heteroatoms. The Morgan fingerprint density at radius 3 is 2.75 bits per heavy atom. The van der Waals surface area contributed by atoms with Gasteiger partial charge in [-0.15, -0.1) is 11.3 Å². The molecule has 0 atom stereocenters. The van der Waals surface area contributed by atoms with Gasteiger partial charge in [0.05, 0.1) is 28.4 Å². The number of carbonyl (C=O) groups excluding carboxylic acids is 1. The maximum atomic E-state index is 12.6. The summed E-state index contributed by atoms with van der Waals surface area (Å²) in [5.41, 5.74) is 4.47. The molecule has 3 aromatic heterocycles. The molecular weight excluding hydrogens is 417 g/mol. The summed E-state index contributed by atoms with van der Waals surface area (Å²) in [6.45, 7) is 2.02. The highest BCUT2D eigenvalue weighted by Gasteiger charge is 2.17. The number of thiophene rings is 1. The van der Waals surface area contributed by atoms with Crippen LogP contribution in [0, 0.1) is 6.92 Å². The van der Waals surface area contributed by atoms with Crippen LogP contribution < -0.4 is 10.1 Å². The van der Waals surface area contributed by atoms with Crippen LogP contribution in [0.4, 0.5) is 5.69 Å². The highest BCUT2D eigenvalue weighted by atomic mass is 35.5. The number of fused-ring (bicyclic) bond motifs is 1. The van der Waals surface area contributed by atoms with Gasteiger partial charge in [0.15, 0.2) is 0 Å². The number of imidazole rings is 1. The van der Waals surface area contributed by atoms with E-state index in [0.29, 0.717) is 25.7 Å². The summed E-state index contributed by atoms with van der Waals surface area (Å²) in [4.78, 5) is 17.3. The summed E-state index contributed by atoms with van der Waals surface area (Å²) in [5.74, 6) is 0.184. The number of rotatable bonds is 4. The molecule has 0 aliphatic carbocycles. The van der Waals surface area contributed by atoms with E-state index >= 15 is 0 Å². The number of nitrogens with zero attached hydrogens (tertiary/aromatic N) is 2. The molecule has 1 amide bonds. The maximum absolute atomic E-state index is 12.6. The first kappa shape index (κ1) is 18.8. The maximum Gasteiger partial charge on any atom is 0.258 e. The SMILES string of the molecule is COc1ccc(-c2cn3cccc(C)c3n2)cc1NC(=O)c1cc(Cl)sc1Cl. The average Bonchev–Trinajstić information content (AvgIpc) is 3.25. The highest BCUT2D eigenvalue weighted by molar-refractivity contribution is 7.20. The van der Waals surface area contributed by atoms with Gasteiger partial charge >= 0.3 is 0 Å². The van der Waals surface area contributed by atoms with Crippen LogP contribution in [0.1, 0.15) is 15.9 Å². The van der Waals surface area contributed by atoms with E-state index in [2.05, 4.69) is 5.32 Å². The van der Waals surface area contributed by atoms with Crippen LogP contribution in [-0.4, -0.2) is 22.4 Å². The molecule has 0 spiro atoms. The molecule has 0 aliphatic rings. The van der Waals surface area contributed by atoms with Crippen LogP contribution in [-0.2, 0) is 0 Å². The van der Waals surface area contributed by atoms with Crippen molar-refractivity contribution in [3.63, 3.8) is 0 Å². The van der Waals surface area contributed by atoms with Crippen molar-refractivity contribution in [3.8, 4) is 17.0 Å². The zero-order valence-electron chi connectivity index (χ0n) is 15.0. The first-order valence-corrected chi connectivity index (χ1v) is 9.92. The Bertz CT molecular complexity index is 1200. The van der Waals surface area contributed by atoms with Gasteiger partial charge in [0.1, 0.15) is 15.7 Å². The first-order chi connectivity index (χ1) is 13.5. The zero-order valence-corrected chi connectivity index (χ0v) is 17.3. The average molecular weight is 432 g/mol. The molecule has 28 heavy (non-hydrogen) atoms. The predicted octanol–water partition coefficient (Wildman–Crippen LogP) is 5.94. The molecule has 142 valence electrons. The number of halogens is 2. The number of ether oxygens (including phenoxy) is 1. The zero-order chi connectivity index (χ0) is 19.8. The molecule has 0 fully saturated rings. The molecular formula is C20H15Cl2N3O2S. The fourth-order valence-corrected chi connectivity index (χ4v) is 4.40. The molecule has 0 unspecified atom stereocenters. The molecule has 0 aliphatic heterocycles. The molecule has 1 aromatic carbocycles. The first-order valence-electron chi connectivity index (χ1n) is 8.35. The number of anilines is 1. The Labute approximate surface area is 175 Å². The van der Waals surface area contributed by atoms with E-state index in [4.69, 9.17) is 32.9 Å². The van der Waals surface area contributed by atoms with Crippen molar-refractivity contribution < 1.29 is 9.53 Å². The lowest BCUT2D eigenvalue weighted by Gasteiger charge is -2.11. The fourth-order valence-electron chi connectivity index (χ4n) is 2.94. The minimum atomic E-state index is -0.352. The van der Waals surface area contributed by atoms with Crippen molar-refractivity contribution in [2.24, 2.45) is 0 Å². The lowest BCUT2D eigenvalue weighted by Crippen LogP contribution is -2.12. The van der Waals surface area contributed by atoms with Gasteiger partial charge in [-0.25, -0.2) is 4.98 Å². The Kier molecular flexibility index (Phi) is 5.02. The lowest BCUT2D eigenvalue weighted by molar-refractivity contribution is 0.102. The summed E-state index contributed by atoms with van der Waals surface area (Å²) in [6, 6.07) is 11.1. The molecule has 1 N–H and O–H groups in total. The van der Waals surface area contributed by atoms with Gasteiger partial charge in [0.2, 0.25) is 0 Å². The summed E-state index contributed by atoms with van der Waals surface area (Å²) in [5, 5.41) is 2.85. The second-order valence-corrected chi connectivity index (χ2v) is 8.44. The molecule has 5 nitrogen and oxygen atoms in total. The fraction of sp³-hybridized carbons (Fsp3) is 0.100. The minimum absolute atomic E-state index is 0.326. The molecule has 0 saturated heterocycles. The van der Waals surface area contributed by atoms with Gasteiger partial charge in [-0.1, -0.05) is 29.3 Å². The summed E-state index contributed by atoms with van der Waals surface area (Å²) < 4.78 is 8.16. The topological polar surface area (TPSA) is 55.6 Å². The number of amides is 1. The standard InChI is InChI=1S/C20H15Cl2N3O2S/c1-11-4-3-7-25-10-15(23-19(11)25)12-5-6-16(27-2)14(8-12)24-20(26)13-9-17(21)28-18(13)22/h3-10H,1-2H3,(H,24,26). The van der Waals surface area contributed by atoms with E-state index < -0.39 is 0 Å². The number of aromatic nitrogens is 2. The van der Waals surface area contributed by atoms with Gasteiger partial charge in [-0.2, -0.15) is 0 Å². The summed E-state index contributed by atoms with van der Waals surface area (Å²) in [6.07, 6.45) is 3.90. The Hall–Kier alpha value is -2.54. The number of aryl methyl sites for hydroxylation is 1. The van der Waals surface area contributed by atoms with Gasteiger partial charge < -0.3 is 14.5 Å². The molecule has 4 aromatic rings. The third-order valence-corrected chi connectivity index (χ3v) is 5.81. The number of hydrogen-bond acceptors (Lipinski definition) is 4. The molecule has 0 bridgehead atoms. The summed E-state index contributed by atoms with van der Waals surface area (Å²) in [7, 11) is 1.55. The van der Waals surface area contributed by atoms with Gasteiger partial charge in [-0.3, -0.25) is 4.79 Å². The lowest BCUT2D eigenvalue weighted by atomic mass is 10.1. The van der Waals surface area contributed by atoms with Crippen molar-refractivity contribution in [2.75, 3.05) is 12.4 Å². The van der Waals surface area contributed by atoms with Crippen molar-refractivity contribution in [3.05, 3.63) is 68.6 Å². The Morgan fingerprint density at radius 2 is 2.07 bits per heavy atom. The number of hydrogen-bond donors (Lipinski definition) is 1. The Balaban J connectivity index is 1.72. The normalized spacial score (nSPS) is 11.0. The number of nitrogens with one attached hydrogen (secondary N) is 1. The van der Waals surface area contributed by atoms with E-state index in [1.54, 1.807) is 19.2 Å². The summed E-state index contributed by atoms with van der Waals surface area (Å²) >= 11 is 13.2. The predicted molar refractivity (Wildman–Crippen MR) is 114 cm³/mol. The smallest absolute Gasteiger partial charge is 0.258 e. The second kappa shape index (κ2) is 7.47. The van der Waals surface area contributed by atoms with Crippen LogP contribution in [0.5, 0.6) is 5.75 Å². The van der Waals surface area contributed by atoms with Crippen LogP contribution in [0.15, 0.2) is 48.8 Å². The monoisotopic (exact) mass is 431 g/mol. The molecule has 3 heterocycles. The highest BCUT2D eigenvalue weighted by Crippen LogP contribution is 2.34. The number of benzene rings is 1. The number of pyridine rings is 1. The molecule has 4 rings (SSSR count). The van der Waals surface area contributed by atoms with Gasteiger partial charge in [0, 0.05) is 18.0 Å². The molecule has 0 saturated carbocycles. The van der Waals surface area contributed by atoms with Crippen LogP contribution >= 0.6 is 34.5 Å². The van der Waals surface area contributed by atoms with Crippen LogP contribution in [0.2, 0.25) is 8.67 Å². The van der Waals surface area contributed by atoms with E-state index in [1.165, 1.54) is 0 Å².